The molecular weight excluding hydrogens is 356 g/mol. The first-order chi connectivity index (χ1) is 9.02. The molecule has 0 aliphatic carbocycles. The Bertz CT molecular complexity index is 655. The molecule has 0 spiro atoms. The van der Waals surface area contributed by atoms with Gasteiger partial charge in [0.2, 0.25) is 0 Å². The first kappa shape index (κ1) is 13.9. The molecule has 2 rings (SSSR count). The summed E-state index contributed by atoms with van der Waals surface area (Å²) in [6.45, 7) is 2.59. The molecule has 0 radical (unpaired) electrons. The second kappa shape index (κ2) is 5.61. The van der Waals surface area contributed by atoms with Gasteiger partial charge in [-0.25, -0.2) is 4.39 Å². The van der Waals surface area contributed by atoms with Gasteiger partial charge in [-0.2, -0.15) is 5.26 Å². The van der Waals surface area contributed by atoms with Crippen molar-refractivity contribution in [2.24, 2.45) is 7.05 Å². The number of halogens is 2. The first-order valence-corrected chi connectivity index (χ1v) is 6.85. The Kier molecular flexibility index (Phi) is 4.10. The van der Waals surface area contributed by atoms with Crippen molar-refractivity contribution in [2.45, 2.75) is 13.5 Å². The average Bonchev–Trinajstić information content (AvgIpc) is 2.65. The minimum Gasteiger partial charge on any atom is -0.380 e. The molecule has 1 heterocycles. The van der Waals surface area contributed by atoms with Crippen LogP contribution in [0.3, 0.4) is 0 Å². The largest absolute Gasteiger partial charge is 0.380 e. The second-order valence-corrected chi connectivity index (χ2v) is 5.45. The molecule has 0 saturated heterocycles. The lowest BCUT2D eigenvalue weighted by Gasteiger charge is -2.08. The fourth-order valence-corrected chi connectivity index (χ4v) is 2.54. The van der Waals surface area contributed by atoms with Crippen LogP contribution in [0, 0.1) is 27.6 Å². The van der Waals surface area contributed by atoms with Crippen LogP contribution in [0.1, 0.15) is 17.0 Å². The zero-order valence-corrected chi connectivity index (χ0v) is 12.8. The van der Waals surface area contributed by atoms with Gasteiger partial charge in [-0.3, -0.25) is 0 Å². The molecule has 0 unspecified atom stereocenters. The Hall–Kier alpha value is -1.55. The van der Waals surface area contributed by atoms with Crippen LogP contribution in [-0.2, 0) is 13.6 Å². The Morgan fingerprint density at radius 3 is 2.74 bits per heavy atom. The number of hydrogen-bond donors (Lipinski definition) is 1. The van der Waals surface area contributed by atoms with Crippen LogP contribution in [-0.4, -0.2) is 4.57 Å². The summed E-state index contributed by atoms with van der Waals surface area (Å²) in [4.78, 5) is 0. The minimum absolute atomic E-state index is 0.238. The molecule has 0 aliphatic heterocycles. The summed E-state index contributed by atoms with van der Waals surface area (Å²) in [5.74, 6) is -0.238. The van der Waals surface area contributed by atoms with Crippen molar-refractivity contribution in [3.05, 3.63) is 50.6 Å². The van der Waals surface area contributed by atoms with Crippen molar-refractivity contribution in [1.29, 1.82) is 5.26 Å². The van der Waals surface area contributed by atoms with Crippen LogP contribution >= 0.6 is 22.6 Å². The van der Waals surface area contributed by atoms with Gasteiger partial charge in [0, 0.05) is 28.5 Å². The minimum atomic E-state index is -0.238. The Labute approximate surface area is 125 Å². The van der Waals surface area contributed by atoms with Gasteiger partial charge in [0.1, 0.15) is 17.6 Å². The van der Waals surface area contributed by atoms with E-state index in [2.05, 4.69) is 34.0 Å². The predicted octanol–water partition coefficient (Wildman–Crippen LogP) is 3.56. The van der Waals surface area contributed by atoms with Gasteiger partial charge in [0.15, 0.2) is 0 Å². The zero-order valence-electron chi connectivity index (χ0n) is 10.7. The quantitative estimate of drug-likeness (QED) is 0.841. The molecule has 1 N–H and O–H groups in total. The van der Waals surface area contributed by atoms with Crippen LogP contribution in [0.25, 0.3) is 0 Å². The lowest BCUT2D eigenvalue weighted by Crippen LogP contribution is -2.03. The van der Waals surface area contributed by atoms with Gasteiger partial charge < -0.3 is 9.88 Å². The highest BCUT2D eigenvalue weighted by atomic mass is 127. The van der Waals surface area contributed by atoms with Crippen molar-refractivity contribution in [2.75, 3.05) is 5.32 Å². The van der Waals surface area contributed by atoms with E-state index in [1.165, 1.54) is 12.1 Å². The summed E-state index contributed by atoms with van der Waals surface area (Å²) in [7, 11) is 1.87. The normalized spacial score (nSPS) is 10.3. The fraction of sp³-hybridized carbons (Fsp3) is 0.214. The van der Waals surface area contributed by atoms with Gasteiger partial charge >= 0.3 is 0 Å². The Morgan fingerprint density at radius 1 is 1.42 bits per heavy atom. The highest BCUT2D eigenvalue weighted by molar-refractivity contribution is 14.1. The lowest BCUT2D eigenvalue weighted by atomic mass is 10.2. The number of anilines is 1. The smallest absolute Gasteiger partial charge is 0.124 e. The van der Waals surface area contributed by atoms with Gasteiger partial charge in [-0.1, -0.05) is 0 Å². The molecule has 0 fully saturated rings. The van der Waals surface area contributed by atoms with Crippen molar-refractivity contribution in [3.63, 3.8) is 0 Å². The molecule has 0 bridgehead atoms. The third-order valence-electron chi connectivity index (χ3n) is 3.16. The maximum absolute atomic E-state index is 13.0. The van der Waals surface area contributed by atoms with E-state index in [1.54, 1.807) is 6.07 Å². The van der Waals surface area contributed by atoms with Crippen molar-refractivity contribution >= 4 is 28.3 Å². The molecule has 0 atom stereocenters. The molecule has 1 aromatic carbocycles. The molecule has 19 heavy (non-hydrogen) atoms. The number of nitriles is 1. The van der Waals surface area contributed by atoms with Crippen LogP contribution in [0.15, 0.2) is 24.3 Å². The van der Waals surface area contributed by atoms with E-state index in [1.807, 2.05) is 24.6 Å². The highest BCUT2D eigenvalue weighted by Gasteiger charge is 2.09. The Morgan fingerprint density at radius 2 is 2.16 bits per heavy atom. The SMILES string of the molecule is Cc1c(CNc2ccc(F)cc2I)cc(C#N)n1C. The van der Waals surface area contributed by atoms with Gasteiger partial charge in [0.25, 0.3) is 0 Å². The number of aromatic nitrogens is 1. The van der Waals surface area contributed by atoms with Gasteiger partial charge in [0.05, 0.1) is 0 Å². The topological polar surface area (TPSA) is 40.8 Å². The Balaban J connectivity index is 2.17. The zero-order chi connectivity index (χ0) is 14.0. The van der Waals surface area contributed by atoms with Crippen LogP contribution in [0.4, 0.5) is 10.1 Å². The molecule has 1 aromatic heterocycles. The number of hydrogen-bond acceptors (Lipinski definition) is 2. The average molecular weight is 369 g/mol. The standard InChI is InChI=1S/C14H13FIN3/c1-9-10(5-12(7-17)19(9)2)8-18-14-4-3-11(15)6-13(14)16/h3-6,18H,8H2,1-2H3. The predicted molar refractivity (Wildman–Crippen MR) is 81.3 cm³/mol. The van der Waals surface area contributed by atoms with E-state index in [-0.39, 0.29) is 5.82 Å². The molecular formula is C14H13FIN3. The van der Waals surface area contributed by atoms with E-state index in [9.17, 15) is 4.39 Å². The third-order valence-corrected chi connectivity index (χ3v) is 4.05. The summed E-state index contributed by atoms with van der Waals surface area (Å²) in [6.07, 6.45) is 0. The van der Waals surface area contributed by atoms with E-state index in [0.717, 1.165) is 20.5 Å². The summed E-state index contributed by atoms with van der Waals surface area (Å²) in [5.41, 5.74) is 3.66. The highest BCUT2D eigenvalue weighted by Crippen LogP contribution is 2.21. The van der Waals surface area contributed by atoms with Crippen LogP contribution in [0.5, 0.6) is 0 Å². The fourth-order valence-electron chi connectivity index (χ4n) is 1.87. The van der Waals surface area contributed by atoms with E-state index < -0.39 is 0 Å². The van der Waals surface area contributed by atoms with Crippen molar-refractivity contribution in [1.82, 2.24) is 4.57 Å². The van der Waals surface area contributed by atoms with Crippen molar-refractivity contribution < 1.29 is 4.39 Å². The van der Waals surface area contributed by atoms with Crippen molar-refractivity contribution in [3.8, 4) is 6.07 Å². The first-order valence-electron chi connectivity index (χ1n) is 5.77. The number of nitrogens with one attached hydrogen (secondary N) is 1. The number of rotatable bonds is 3. The third kappa shape index (κ3) is 2.89. The summed E-state index contributed by atoms with van der Waals surface area (Å²) in [6, 6.07) is 8.68. The molecule has 5 heteroatoms. The lowest BCUT2D eigenvalue weighted by molar-refractivity contribution is 0.627. The molecule has 2 aromatic rings. The molecule has 0 saturated carbocycles. The van der Waals surface area contributed by atoms with Crippen LogP contribution < -0.4 is 5.32 Å². The number of nitrogens with zero attached hydrogens (tertiary/aromatic N) is 2. The number of benzene rings is 1. The van der Waals surface area contributed by atoms with Crippen LogP contribution in [0.2, 0.25) is 0 Å². The maximum Gasteiger partial charge on any atom is 0.124 e. The van der Waals surface area contributed by atoms with E-state index >= 15 is 0 Å². The monoisotopic (exact) mass is 369 g/mol. The van der Waals surface area contributed by atoms with E-state index in [0.29, 0.717) is 12.2 Å². The molecule has 98 valence electrons. The van der Waals surface area contributed by atoms with Gasteiger partial charge in [-0.05, 0) is 59.3 Å². The summed E-state index contributed by atoms with van der Waals surface area (Å²) < 4.78 is 15.7. The maximum atomic E-state index is 13.0. The summed E-state index contributed by atoms with van der Waals surface area (Å²) >= 11 is 2.10. The molecule has 0 aliphatic rings. The second-order valence-electron chi connectivity index (χ2n) is 4.29. The molecule has 3 nitrogen and oxygen atoms in total. The molecule has 0 amide bonds. The van der Waals surface area contributed by atoms with E-state index in [4.69, 9.17) is 5.26 Å². The summed E-state index contributed by atoms with van der Waals surface area (Å²) in [5, 5.41) is 12.2. The van der Waals surface area contributed by atoms with Gasteiger partial charge in [-0.15, -0.1) is 0 Å².